The Morgan fingerprint density at radius 1 is 0.914 bits per heavy atom. The van der Waals surface area contributed by atoms with E-state index in [-0.39, 0.29) is 16.9 Å². The van der Waals surface area contributed by atoms with Crippen molar-refractivity contribution in [1.82, 2.24) is 10.6 Å². The Morgan fingerprint density at radius 3 is 1.97 bits per heavy atom. The van der Waals surface area contributed by atoms with Crippen molar-refractivity contribution in [3.8, 4) is 23.0 Å². The highest BCUT2D eigenvalue weighted by molar-refractivity contribution is 9.10. The van der Waals surface area contributed by atoms with Crippen LogP contribution in [0.5, 0.6) is 23.0 Å². The quantitative estimate of drug-likeness (QED) is 0.329. The van der Waals surface area contributed by atoms with Gasteiger partial charge in [-0.1, -0.05) is 6.07 Å². The minimum absolute atomic E-state index is 0.0517. The fourth-order valence-electron chi connectivity index (χ4n) is 3.10. The van der Waals surface area contributed by atoms with Crippen LogP contribution >= 0.6 is 15.9 Å². The zero-order valence-corrected chi connectivity index (χ0v) is 21.3. The van der Waals surface area contributed by atoms with Gasteiger partial charge in [-0.3, -0.25) is 4.79 Å². The number of carbonyl (C=O) groups is 3. The second kappa shape index (κ2) is 11.2. The van der Waals surface area contributed by atoms with E-state index in [1.54, 1.807) is 20.8 Å². The third kappa shape index (κ3) is 7.15. The Kier molecular flexibility index (Phi) is 8.80. The third-order valence-corrected chi connectivity index (χ3v) is 5.20. The molecule has 0 saturated carbocycles. The van der Waals surface area contributed by atoms with Gasteiger partial charge < -0.3 is 40.2 Å². The molecule has 35 heavy (non-hydrogen) atoms. The number of aromatic hydroxyl groups is 2. The van der Waals surface area contributed by atoms with Gasteiger partial charge >= 0.3 is 12.1 Å². The molecule has 0 spiro atoms. The van der Waals surface area contributed by atoms with Gasteiger partial charge in [0.05, 0.1) is 18.7 Å². The number of carbonyl (C=O) groups excluding carboxylic acids is 2. The molecule has 2 amide bonds. The number of benzene rings is 2. The van der Waals surface area contributed by atoms with Crippen LogP contribution in [0.3, 0.4) is 0 Å². The normalized spacial score (nSPS) is 12.7. The average Bonchev–Trinajstić information content (AvgIpc) is 2.73. The van der Waals surface area contributed by atoms with Gasteiger partial charge in [-0.25, -0.2) is 9.59 Å². The number of alkyl carbamates (subject to hydrolysis) is 1. The molecule has 0 aliphatic rings. The first kappa shape index (κ1) is 27.6. The number of nitrogens with one attached hydrogen (secondary N) is 2. The molecule has 2 atom stereocenters. The Balaban J connectivity index is 2.46. The van der Waals surface area contributed by atoms with Gasteiger partial charge in [-0.2, -0.15) is 0 Å². The summed E-state index contributed by atoms with van der Waals surface area (Å²) in [5, 5.41) is 34.8. The zero-order chi connectivity index (χ0) is 26.5. The molecule has 0 radical (unpaired) electrons. The van der Waals surface area contributed by atoms with Crippen LogP contribution in [-0.4, -0.2) is 53.1 Å². The second-order valence-corrected chi connectivity index (χ2v) is 9.20. The fourth-order valence-corrected chi connectivity index (χ4v) is 3.65. The zero-order valence-electron chi connectivity index (χ0n) is 19.7. The number of aliphatic carboxylic acids is 1. The first-order chi connectivity index (χ1) is 16.3. The standard InChI is InChI=1S/C23H27BrN2O9/c1-23(2,3)35-22(32)26-17(12-9-14(27)19(34-5)15(28)10-12)20(29)25-18(21(30)31)11-6-7-16(33-4)13(24)8-11/h6-10,17-18,27-28H,1-5H3,(H,25,29)(H,26,32)(H,30,31)/t17-,18-/m1/s1. The van der Waals surface area contributed by atoms with E-state index in [4.69, 9.17) is 14.2 Å². The minimum atomic E-state index is -1.55. The summed E-state index contributed by atoms with van der Waals surface area (Å²) >= 11 is 3.28. The van der Waals surface area contributed by atoms with E-state index in [1.165, 1.54) is 32.4 Å². The van der Waals surface area contributed by atoms with Crippen LogP contribution in [0.15, 0.2) is 34.8 Å². The lowest BCUT2D eigenvalue weighted by Crippen LogP contribution is -2.44. The third-order valence-electron chi connectivity index (χ3n) is 4.58. The number of methoxy groups -OCH3 is 2. The van der Waals surface area contributed by atoms with Crippen molar-refractivity contribution in [1.29, 1.82) is 0 Å². The molecular weight excluding hydrogens is 528 g/mol. The first-order valence-corrected chi connectivity index (χ1v) is 11.0. The number of hydrogen-bond donors (Lipinski definition) is 5. The van der Waals surface area contributed by atoms with Gasteiger partial charge in [0.25, 0.3) is 0 Å². The molecule has 0 unspecified atom stereocenters. The van der Waals surface area contributed by atoms with Crippen LogP contribution in [0.4, 0.5) is 4.79 Å². The molecule has 2 aromatic rings. The molecule has 0 aromatic heterocycles. The maximum absolute atomic E-state index is 13.2. The summed E-state index contributed by atoms with van der Waals surface area (Å²) in [7, 11) is 2.67. The van der Waals surface area contributed by atoms with Crippen molar-refractivity contribution in [3.05, 3.63) is 45.9 Å². The molecule has 0 aliphatic heterocycles. The molecular formula is C23H27BrN2O9. The van der Waals surface area contributed by atoms with Crippen LogP contribution in [0, 0.1) is 0 Å². The lowest BCUT2D eigenvalue weighted by atomic mass is 10.0. The summed E-state index contributed by atoms with van der Waals surface area (Å²) in [5.74, 6) is -3.10. The van der Waals surface area contributed by atoms with Crippen molar-refractivity contribution in [3.63, 3.8) is 0 Å². The maximum Gasteiger partial charge on any atom is 0.408 e. The van der Waals surface area contributed by atoms with Gasteiger partial charge in [0.15, 0.2) is 17.5 Å². The molecule has 0 bridgehead atoms. The number of amides is 2. The van der Waals surface area contributed by atoms with Gasteiger partial charge in [-0.05, 0) is 72.1 Å². The molecule has 0 aliphatic carbocycles. The topological polar surface area (TPSA) is 164 Å². The van der Waals surface area contributed by atoms with Gasteiger partial charge in [-0.15, -0.1) is 0 Å². The first-order valence-electron chi connectivity index (χ1n) is 10.2. The summed E-state index contributed by atoms with van der Waals surface area (Å²) in [4.78, 5) is 37.7. The Morgan fingerprint density at radius 2 is 1.51 bits per heavy atom. The van der Waals surface area contributed by atoms with Crippen LogP contribution in [-0.2, 0) is 14.3 Å². The van der Waals surface area contributed by atoms with Crippen molar-refractivity contribution in [2.24, 2.45) is 0 Å². The summed E-state index contributed by atoms with van der Waals surface area (Å²) in [6.45, 7) is 4.86. The highest BCUT2D eigenvalue weighted by Crippen LogP contribution is 2.38. The smallest absolute Gasteiger partial charge is 0.408 e. The van der Waals surface area contributed by atoms with E-state index in [1.807, 2.05) is 0 Å². The average molecular weight is 555 g/mol. The number of carboxylic acids is 1. The van der Waals surface area contributed by atoms with E-state index in [0.717, 1.165) is 12.1 Å². The van der Waals surface area contributed by atoms with E-state index < -0.39 is 47.2 Å². The summed E-state index contributed by atoms with van der Waals surface area (Å²) in [6, 6.07) is 3.60. The molecule has 12 heteroatoms. The molecule has 0 saturated heterocycles. The summed E-state index contributed by atoms with van der Waals surface area (Å²) in [5.41, 5.74) is -0.729. The largest absolute Gasteiger partial charge is 0.504 e. The van der Waals surface area contributed by atoms with E-state index in [2.05, 4.69) is 26.6 Å². The Bertz CT molecular complexity index is 1090. The van der Waals surface area contributed by atoms with Crippen molar-refractivity contribution in [2.75, 3.05) is 14.2 Å². The lowest BCUT2D eigenvalue weighted by Gasteiger charge is -2.25. The number of phenols is 2. The molecule has 2 rings (SSSR count). The number of hydrogen-bond acceptors (Lipinski definition) is 8. The molecule has 5 N–H and O–H groups in total. The Hall–Kier alpha value is -3.67. The van der Waals surface area contributed by atoms with Crippen LogP contribution in [0.1, 0.15) is 44.0 Å². The molecule has 0 fully saturated rings. The van der Waals surface area contributed by atoms with Crippen LogP contribution < -0.4 is 20.1 Å². The predicted octanol–water partition coefficient (Wildman–Crippen LogP) is 3.39. The molecule has 2 aromatic carbocycles. The van der Waals surface area contributed by atoms with Crippen LogP contribution in [0.25, 0.3) is 0 Å². The predicted molar refractivity (Wildman–Crippen MR) is 128 cm³/mol. The Labute approximate surface area is 210 Å². The molecule has 0 heterocycles. The monoisotopic (exact) mass is 554 g/mol. The SMILES string of the molecule is COc1ccc([C@@H](NC(=O)[C@H](NC(=O)OC(C)(C)C)c2cc(O)c(OC)c(O)c2)C(=O)O)cc1Br. The van der Waals surface area contributed by atoms with Gasteiger partial charge in [0.2, 0.25) is 11.7 Å². The summed E-state index contributed by atoms with van der Waals surface area (Å²) in [6.07, 6.45) is -0.980. The lowest BCUT2D eigenvalue weighted by molar-refractivity contribution is -0.142. The van der Waals surface area contributed by atoms with E-state index >= 15 is 0 Å². The highest BCUT2D eigenvalue weighted by atomic mass is 79.9. The molecule has 190 valence electrons. The number of halogens is 1. The summed E-state index contributed by atoms with van der Waals surface area (Å²) < 4.78 is 15.7. The van der Waals surface area contributed by atoms with E-state index in [9.17, 15) is 29.7 Å². The highest BCUT2D eigenvalue weighted by Gasteiger charge is 2.31. The van der Waals surface area contributed by atoms with Gasteiger partial charge in [0, 0.05) is 0 Å². The van der Waals surface area contributed by atoms with Crippen LogP contribution in [0.2, 0.25) is 0 Å². The van der Waals surface area contributed by atoms with Crippen molar-refractivity contribution < 1.29 is 43.9 Å². The van der Waals surface area contributed by atoms with Crippen molar-refractivity contribution >= 4 is 33.9 Å². The van der Waals surface area contributed by atoms with Crippen molar-refractivity contribution in [2.45, 2.75) is 38.5 Å². The molecule has 11 nitrogen and oxygen atoms in total. The second-order valence-electron chi connectivity index (χ2n) is 8.35. The maximum atomic E-state index is 13.2. The van der Waals surface area contributed by atoms with E-state index in [0.29, 0.717) is 10.2 Å². The minimum Gasteiger partial charge on any atom is -0.504 e. The number of ether oxygens (including phenoxy) is 3. The fraction of sp³-hybridized carbons (Fsp3) is 0.348. The number of carboxylic acid groups (broad SMARTS) is 1. The van der Waals surface area contributed by atoms with Gasteiger partial charge in [0.1, 0.15) is 17.4 Å². The number of phenolic OH excluding ortho intramolecular Hbond substituents is 2. The number of rotatable bonds is 8.